The third-order valence-corrected chi connectivity index (χ3v) is 5.22. The first-order valence-electron chi connectivity index (χ1n) is 8.28. The number of hydrogen-bond donors (Lipinski definition) is 0. The molecule has 0 bridgehead atoms. The molecule has 4 rings (SSSR count). The first-order valence-corrected chi connectivity index (χ1v) is 9.10. The second-order valence-corrected chi connectivity index (χ2v) is 7.15. The minimum atomic E-state index is 0.811. The molecule has 0 aromatic carbocycles. The van der Waals surface area contributed by atoms with Gasteiger partial charge in [-0.15, -0.1) is 11.3 Å². The minimum absolute atomic E-state index is 0.811. The Labute approximate surface area is 145 Å². The van der Waals surface area contributed by atoms with Crippen LogP contribution in [0.1, 0.15) is 17.6 Å². The Bertz CT molecular complexity index is 839. The summed E-state index contributed by atoms with van der Waals surface area (Å²) in [6.07, 6.45) is 4.45. The number of piperazine rings is 1. The van der Waals surface area contributed by atoms with E-state index in [9.17, 15) is 0 Å². The van der Waals surface area contributed by atoms with Crippen LogP contribution in [0, 0.1) is 6.92 Å². The first kappa shape index (κ1) is 15.3. The molecule has 4 heterocycles. The van der Waals surface area contributed by atoms with E-state index < -0.39 is 0 Å². The number of anilines is 2. The predicted octanol–water partition coefficient (Wildman–Crippen LogP) is 2.68. The number of hydrogen-bond acceptors (Lipinski definition) is 7. The van der Waals surface area contributed by atoms with Gasteiger partial charge in [0.05, 0.1) is 5.39 Å². The van der Waals surface area contributed by atoms with E-state index in [0.29, 0.717) is 0 Å². The van der Waals surface area contributed by atoms with Crippen molar-refractivity contribution in [1.82, 2.24) is 19.9 Å². The van der Waals surface area contributed by atoms with Gasteiger partial charge in [-0.05, 0) is 19.1 Å². The smallest absolute Gasteiger partial charge is 0.225 e. The Kier molecular flexibility index (Phi) is 4.02. The van der Waals surface area contributed by atoms with E-state index in [1.807, 2.05) is 6.07 Å². The van der Waals surface area contributed by atoms with E-state index in [4.69, 9.17) is 4.98 Å². The van der Waals surface area contributed by atoms with Crippen molar-refractivity contribution in [2.45, 2.75) is 20.3 Å². The first-order chi connectivity index (χ1) is 11.7. The lowest BCUT2D eigenvalue weighted by atomic mass is 10.2. The van der Waals surface area contributed by atoms with Gasteiger partial charge in [0.15, 0.2) is 0 Å². The van der Waals surface area contributed by atoms with Gasteiger partial charge in [-0.3, -0.25) is 0 Å². The number of thiophene rings is 1. The highest BCUT2D eigenvalue weighted by Gasteiger charge is 2.22. The topological polar surface area (TPSA) is 58.0 Å². The number of aryl methyl sites for hydroxylation is 2. The fourth-order valence-corrected chi connectivity index (χ4v) is 3.93. The fraction of sp³-hybridized carbons (Fsp3) is 0.412. The van der Waals surface area contributed by atoms with Gasteiger partial charge in [-0.1, -0.05) is 6.92 Å². The van der Waals surface area contributed by atoms with Gasteiger partial charge in [0.2, 0.25) is 5.95 Å². The molecule has 1 fully saturated rings. The van der Waals surface area contributed by atoms with Crippen LogP contribution < -0.4 is 9.80 Å². The summed E-state index contributed by atoms with van der Waals surface area (Å²) in [5.74, 6) is 2.81. The zero-order valence-electron chi connectivity index (χ0n) is 13.9. The maximum Gasteiger partial charge on any atom is 0.225 e. The SMILES string of the molecule is CCc1nc(N2CCN(c3ncccn3)CC2)c2cc(C)sc2n1. The van der Waals surface area contributed by atoms with Crippen molar-refractivity contribution in [2.24, 2.45) is 0 Å². The molecule has 0 spiro atoms. The number of rotatable bonds is 3. The lowest BCUT2D eigenvalue weighted by Crippen LogP contribution is -2.47. The normalized spacial score (nSPS) is 15.2. The second-order valence-electron chi connectivity index (χ2n) is 5.92. The maximum atomic E-state index is 4.83. The zero-order valence-corrected chi connectivity index (χ0v) is 14.8. The predicted molar refractivity (Wildman–Crippen MR) is 98.0 cm³/mol. The van der Waals surface area contributed by atoms with Crippen molar-refractivity contribution < 1.29 is 0 Å². The Morgan fingerprint density at radius 1 is 1.04 bits per heavy atom. The highest BCUT2D eigenvalue weighted by atomic mass is 32.1. The van der Waals surface area contributed by atoms with Crippen molar-refractivity contribution in [3.63, 3.8) is 0 Å². The van der Waals surface area contributed by atoms with Gasteiger partial charge in [0.1, 0.15) is 16.5 Å². The molecular weight excluding hydrogens is 320 g/mol. The summed E-state index contributed by atoms with van der Waals surface area (Å²) in [5, 5.41) is 1.18. The number of fused-ring (bicyclic) bond motifs is 1. The Hall–Kier alpha value is -2.28. The highest BCUT2D eigenvalue weighted by molar-refractivity contribution is 7.18. The molecule has 0 unspecified atom stereocenters. The summed E-state index contributed by atoms with van der Waals surface area (Å²) in [6, 6.07) is 4.06. The molecule has 0 aliphatic carbocycles. The van der Waals surface area contributed by atoms with Crippen molar-refractivity contribution in [3.05, 3.63) is 35.2 Å². The summed E-state index contributed by atoms with van der Waals surface area (Å²) < 4.78 is 0. The molecule has 1 aliphatic rings. The van der Waals surface area contributed by atoms with Crippen LogP contribution in [0.2, 0.25) is 0 Å². The maximum absolute atomic E-state index is 4.83. The van der Waals surface area contributed by atoms with Crippen LogP contribution in [0.4, 0.5) is 11.8 Å². The van der Waals surface area contributed by atoms with Crippen LogP contribution >= 0.6 is 11.3 Å². The summed E-state index contributed by atoms with van der Waals surface area (Å²) in [4.78, 5) is 25.2. The Morgan fingerprint density at radius 3 is 2.46 bits per heavy atom. The van der Waals surface area contributed by atoms with Crippen LogP contribution in [0.15, 0.2) is 24.5 Å². The van der Waals surface area contributed by atoms with Crippen molar-refractivity contribution in [1.29, 1.82) is 0 Å². The molecular formula is C17H20N6S. The van der Waals surface area contributed by atoms with E-state index in [-0.39, 0.29) is 0 Å². The van der Waals surface area contributed by atoms with Crippen LogP contribution in [0.25, 0.3) is 10.2 Å². The van der Waals surface area contributed by atoms with Gasteiger partial charge in [-0.2, -0.15) is 0 Å². The molecule has 1 saturated heterocycles. The molecule has 7 heteroatoms. The average Bonchev–Trinajstić information content (AvgIpc) is 3.02. The molecule has 1 aliphatic heterocycles. The van der Waals surface area contributed by atoms with Gasteiger partial charge < -0.3 is 9.80 Å². The van der Waals surface area contributed by atoms with Gasteiger partial charge >= 0.3 is 0 Å². The fourth-order valence-electron chi connectivity index (χ4n) is 3.04. The lowest BCUT2D eigenvalue weighted by molar-refractivity contribution is 0.634. The van der Waals surface area contributed by atoms with E-state index in [2.05, 4.69) is 44.7 Å². The number of aromatic nitrogens is 4. The molecule has 0 N–H and O–H groups in total. The summed E-state index contributed by atoms with van der Waals surface area (Å²) >= 11 is 1.75. The van der Waals surface area contributed by atoms with E-state index in [1.54, 1.807) is 23.7 Å². The van der Waals surface area contributed by atoms with Crippen molar-refractivity contribution >= 4 is 33.3 Å². The Morgan fingerprint density at radius 2 is 1.75 bits per heavy atom. The summed E-state index contributed by atoms with van der Waals surface area (Å²) in [7, 11) is 0. The molecule has 3 aromatic heterocycles. The van der Waals surface area contributed by atoms with E-state index in [0.717, 1.165) is 55.0 Å². The zero-order chi connectivity index (χ0) is 16.5. The third kappa shape index (κ3) is 2.80. The minimum Gasteiger partial charge on any atom is -0.352 e. The van der Waals surface area contributed by atoms with E-state index in [1.165, 1.54) is 10.3 Å². The van der Waals surface area contributed by atoms with Crippen LogP contribution in [0.3, 0.4) is 0 Å². The summed E-state index contributed by atoms with van der Waals surface area (Å²) in [6.45, 7) is 7.88. The second kappa shape index (κ2) is 6.32. The van der Waals surface area contributed by atoms with Crippen molar-refractivity contribution in [2.75, 3.05) is 36.0 Å². The molecule has 124 valence electrons. The average molecular weight is 340 g/mol. The van der Waals surface area contributed by atoms with Crippen molar-refractivity contribution in [3.8, 4) is 0 Å². The molecule has 0 radical (unpaired) electrons. The molecule has 3 aromatic rings. The molecule has 0 amide bonds. The van der Waals surface area contributed by atoms with Crippen LogP contribution in [-0.2, 0) is 6.42 Å². The largest absolute Gasteiger partial charge is 0.352 e. The van der Waals surface area contributed by atoms with Crippen LogP contribution in [-0.4, -0.2) is 46.1 Å². The molecule has 0 atom stereocenters. The van der Waals surface area contributed by atoms with Gasteiger partial charge in [0.25, 0.3) is 0 Å². The highest BCUT2D eigenvalue weighted by Crippen LogP contribution is 2.31. The Balaban J connectivity index is 1.60. The molecule has 0 saturated carbocycles. The molecule has 24 heavy (non-hydrogen) atoms. The standard InChI is InChI=1S/C17H20N6S/c1-3-14-20-15(13-11-12(2)24-16(13)21-14)22-7-9-23(10-8-22)17-18-5-4-6-19-17/h4-6,11H,3,7-10H2,1-2H3. The van der Waals surface area contributed by atoms with Crippen LogP contribution in [0.5, 0.6) is 0 Å². The van der Waals surface area contributed by atoms with Gasteiger partial charge in [-0.25, -0.2) is 19.9 Å². The van der Waals surface area contributed by atoms with Gasteiger partial charge in [0, 0.05) is 49.9 Å². The lowest BCUT2D eigenvalue weighted by Gasteiger charge is -2.35. The summed E-state index contributed by atoms with van der Waals surface area (Å²) in [5.41, 5.74) is 0. The monoisotopic (exact) mass is 340 g/mol. The quantitative estimate of drug-likeness (QED) is 0.731. The van der Waals surface area contributed by atoms with E-state index >= 15 is 0 Å². The number of nitrogens with zero attached hydrogens (tertiary/aromatic N) is 6. The third-order valence-electron chi connectivity index (χ3n) is 4.27. The molecule has 6 nitrogen and oxygen atoms in total.